The van der Waals surface area contributed by atoms with Crippen LogP contribution in [0.15, 0.2) is 48.5 Å². The largest absolute Gasteiger partial charge is 0.385 e. The molecular formula is C15H15ClN2. The molecular weight excluding hydrogens is 244 g/mol. The van der Waals surface area contributed by atoms with Crippen LogP contribution in [0.4, 0.5) is 11.4 Å². The number of anilines is 2. The summed E-state index contributed by atoms with van der Waals surface area (Å²) < 4.78 is 0. The molecule has 2 N–H and O–H groups in total. The van der Waals surface area contributed by atoms with Gasteiger partial charge in [0, 0.05) is 22.9 Å². The van der Waals surface area contributed by atoms with E-state index >= 15 is 0 Å². The third-order valence-corrected chi connectivity index (χ3v) is 3.52. The summed E-state index contributed by atoms with van der Waals surface area (Å²) in [6.07, 6.45) is 1.08. The van der Waals surface area contributed by atoms with Gasteiger partial charge in [0.1, 0.15) is 0 Å². The van der Waals surface area contributed by atoms with Gasteiger partial charge in [0.2, 0.25) is 0 Å². The first-order chi connectivity index (χ1) is 8.83. The van der Waals surface area contributed by atoms with Gasteiger partial charge in [-0.25, -0.2) is 0 Å². The van der Waals surface area contributed by atoms with Gasteiger partial charge in [-0.1, -0.05) is 29.8 Å². The van der Waals surface area contributed by atoms with E-state index in [1.54, 1.807) is 0 Å². The van der Waals surface area contributed by atoms with Crippen molar-refractivity contribution in [1.29, 1.82) is 0 Å². The summed E-state index contributed by atoms with van der Waals surface area (Å²) in [6, 6.07) is 16.7. The van der Waals surface area contributed by atoms with E-state index in [9.17, 15) is 0 Å². The van der Waals surface area contributed by atoms with Gasteiger partial charge in [0.05, 0.1) is 6.04 Å². The molecule has 0 aliphatic carbocycles. The van der Waals surface area contributed by atoms with E-state index in [1.807, 2.05) is 24.3 Å². The van der Waals surface area contributed by atoms with Gasteiger partial charge in [-0.3, -0.25) is 0 Å². The van der Waals surface area contributed by atoms with Crippen molar-refractivity contribution in [2.75, 3.05) is 17.2 Å². The standard InChI is InChI=1S/C15H15ClN2/c16-11-5-7-12(8-6-11)18-15-9-10-17-14-4-2-1-3-13(14)15/h1-8,15,17-18H,9-10H2. The third kappa shape index (κ3) is 2.29. The highest BCUT2D eigenvalue weighted by Crippen LogP contribution is 2.32. The zero-order valence-electron chi connectivity index (χ0n) is 9.99. The van der Waals surface area contributed by atoms with E-state index < -0.39 is 0 Å². The first-order valence-electron chi connectivity index (χ1n) is 6.18. The zero-order valence-corrected chi connectivity index (χ0v) is 10.7. The monoisotopic (exact) mass is 258 g/mol. The lowest BCUT2D eigenvalue weighted by atomic mass is 9.98. The van der Waals surface area contributed by atoms with E-state index in [-0.39, 0.29) is 0 Å². The van der Waals surface area contributed by atoms with Crippen LogP contribution >= 0.6 is 11.6 Å². The Kier molecular flexibility index (Phi) is 3.11. The van der Waals surface area contributed by atoms with Crippen molar-refractivity contribution in [1.82, 2.24) is 0 Å². The first kappa shape index (κ1) is 11.4. The van der Waals surface area contributed by atoms with Crippen molar-refractivity contribution in [3.63, 3.8) is 0 Å². The second-order valence-corrected chi connectivity index (χ2v) is 4.94. The van der Waals surface area contributed by atoms with Crippen LogP contribution in [-0.4, -0.2) is 6.54 Å². The van der Waals surface area contributed by atoms with Crippen molar-refractivity contribution in [3.8, 4) is 0 Å². The summed E-state index contributed by atoms with van der Waals surface area (Å²) in [7, 11) is 0. The summed E-state index contributed by atoms with van der Waals surface area (Å²) in [6.45, 7) is 1.00. The molecule has 1 unspecified atom stereocenters. The molecule has 2 aromatic carbocycles. The number of halogens is 1. The van der Waals surface area contributed by atoms with Crippen molar-refractivity contribution < 1.29 is 0 Å². The predicted octanol–water partition coefficient (Wildman–Crippen LogP) is 4.31. The number of rotatable bonds is 2. The van der Waals surface area contributed by atoms with E-state index in [0.29, 0.717) is 6.04 Å². The maximum Gasteiger partial charge on any atom is 0.0550 e. The summed E-state index contributed by atoms with van der Waals surface area (Å²) in [5.41, 5.74) is 3.68. The molecule has 2 aromatic rings. The average Bonchev–Trinajstić information content (AvgIpc) is 2.42. The maximum absolute atomic E-state index is 5.90. The number of benzene rings is 2. The van der Waals surface area contributed by atoms with Crippen LogP contribution in [0.1, 0.15) is 18.0 Å². The van der Waals surface area contributed by atoms with Crippen LogP contribution in [0.3, 0.4) is 0 Å². The van der Waals surface area contributed by atoms with Crippen LogP contribution in [-0.2, 0) is 0 Å². The predicted molar refractivity (Wildman–Crippen MR) is 77.4 cm³/mol. The molecule has 1 aliphatic rings. The second-order valence-electron chi connectivity index (χ2n) is 4.51. The van der Waals surface area contributed by atoms with Crippen LogP contribution in [0.25, 0.3) is 0 Å². The highest BCUT2D eigenvalue weighted by Gasteiger charge is 2.18. The number of fused-ring (bicyclic) bond motifs is 1. The van der Waals surface area contributed by atoms with Gasteiger partial charge in [0.25, 0.3) is 0 Å². The molecule has 3 heteroatoms. The lowest BCUT2D eigenvalue weighted by Crippen LogP contribution is -2.22. The number of hydrogen-bond acceptors (Lipinski definition) is 2. The summed E-state index contributed by atoms with van der Waals surface area (Å²) in [4.78, 5) is 0. The molecule has 18 heavy (non-hydrogen) atoms. The molecule has 1 atom stereocenters. The Balaban J connectivity index is 1.84. The van der Waals surface area contributed by atoms with Crippen LogP contribution in [0.2, 0.25) is 5.02 Å². The molecule has 0 saturated carbocycles. The van der Waals surface area contributed by atoms with E-state index in [1.165, 1.54) is 11.3 Å². The average molecular weight is 259 g/mol. The van der Waals surface area contributed by atoms with E-state index in [4.69, 9.17) is 11.6 Å². The van der Waals surface area contributed by atoms with Gasteiger partial charge in [-0.05, 0) is 42.3 Å². The zero-order chi connectivity index (χ0) is 12.4. The second kappa shape index (κ2) is 4.91. The Morgan fingerprint density at radius 1 is 1.06 bits per heavy atom. The Hall–Kier alpha value is -1.67. The highest BCUT2D eigenvalue weighted by molar-refractivity contribution is 6.30. The molecule has 92 valence electrons. The lowest BCUT2D eigenvalue weighted by molar-refractivity contribution is 0.697. The van der Waals surface area contributed by atoms with Crippen molar-refractivity contribution in [2.24, 2.45) is 0 Å². The van der Waals surface area contributed by atoms with E-state index in [0.717, 1.165) is 23.7 Å². The van der Waals surface area contributed by atoms with Gasteiger partial charge in [-0.2, -0.15) is 0 Å². The van der Waals surface area contributed by atoms with Crippen LogP contribution in [0.5, 0.6) is 0 Å². The van der Waals surface area contributed by atoms with Crippen molar-refractivity contribution in [3.05, 3.63) is 59.1 Å². The quantitative estimate of drug-likeness (QED) is 0.839. The minimum absolute atomic E-state index is 0.364. The first-order valence-corrected chi connectivity index (χ1v) is 6.55. The van der Waals surface area contributed by atoms with Crippen molar-refractivity contribution in [2.45, 2.75) is 12.5 Å². The minimum atomic E-state index is 0.364. The van der Waals surface area contributed by atoms with Gasteiger partial charge in [-0.15, -0.1) is 0 Å². The molecule has 0 amide bonds. The van der Waals surface area contributed by atoms with Crippen molar-refractivity contribution >= 4 is 23.0 Å². The fourth-order valence-corrected chi connectivity index (χ4v) is 2.49. The summed E-state index contributed by atoms with van der Waals surface area (Å²) in [5, 5.41) is 7.76. The Morgan fingerprint density at radius 3 is 2.67 bits per heavy atom. The fourth-order valence-electron chi connectivity index (χ4n) is 2.37. The van der Waals surface area contributed by atoms with Gasteiger partial charge in [0.15, 0.2) is 0 Å². The van der Waals surface area contributed by atoms with Crippen LogP contribution in [0, 0.1) is 0 Å². The smallest absolute Gasteiger partial charge is 0.0550 e. The normalized spacial score (nSPS) is 17.7. The lowest BCUT2D eigenvalue weighted by Gasteiger charge is -2.28. The molecule has 2 nitrogen and oxygen atoms in total. The molecule has 0 saturated heterocycles. The minimum Gasteiger partial charge on any atom is -0.385 e. The Morgan fingerprint density at radius 2 is 1.83 bits per heavy atom. The SMILES string of the molecule is Clc1ccc(NC2CCNc3ccccc32)cc1. The van der Waals surface area contributed by atoms with Gasteiger partial charge < -0.3 is 10.6 Å². The van der Waals surface area contributed by atoms with E-state index in [2.05, 4.69) is 34.9 Å². The molecule has 0 fully saturated rings. The number of hydrogen-bond donors (Lipinski definition) is 2. The molecule has 0 radical (unpaired) electrons. The molecule has 1 heterocycles. The van der Waals surface area contributed by atoms with Gasteiger partial charge >= 0.3 is 0 Å². The molecule has 3 rings (SSSR count). The summed E-state index contributed by atoms with van der Waals surface area (Å²) in [5.74, 6) is 0. The summed E-state index contributed by atoms with van der Waals surface area (Å²) >= 11 is 5.90. The van der Waals surface area contributed by atoms with Crippen LogP contribution < -0.4 is 10.6 Å². The molecule has 1 aliphatic heterocycles. The number of nitrogens with one attached hydrogen (secondary N) is 2. The Bertz CT molecular complexity index is 536. The molecule has 0 bridgehead atoms. The maximum atomic E-state index is 5.90. The molecule has 0 spiro atoms. The topological polar surface area (TPSA) is 24.1 Å². The number of para-hydroxylation sites is 1. The Labute approximate surface area is 112 Å². The third-order valence-electron chi connectivity index (χ3n) is 3.27. The molecule has 0 aromatic heterocycles. The highest BCUT2D eigenvalue weighted by atomic mass is 35.5. The fraction of sp³-hybridized carbons (Fsp3) is 0.200.